The van der Waals surface area contributed by atoms with Crippen LogP contribution in [0.1, 0.15) is 40.9 Å². The van der Waals surface area contributed by atoms with Crippen molar-refractivity contribution in [2.24, 2.45) is 0 Å². The minimum atomic E-state index is -0.0181. The van der Waals surface area contributed by atoms with E-state index in [1.54, 1.807) is 12.4 Å². The van der Waals surface area contributed by atoms with E-state index in [0.717, 1.165) is 16.9 Å². The topological polar surface area (TPSA) is 45.2 Å². The van der Waals surface area contributed by atoms with Crippen LogP contribution in [0.25, 0.3) is 0 Å². The SMILES string of the molecule is Cc1cc(C)cc(Nc2cncc(C(=O)N(Cc3ccccc3)C(C)C)c2)c1. The summed E-state index contributed by atoms with van der Waals surface area (Å²) in [7, 11) is 0. The van der Waals surface area contributed by atoms with Crippen molar-refractivity contribution < 1.29 is 4.79 Å². The van der Waals surface area contributed by atoms with Crippen LogP contribution < -0.4 is 5.32 Å². The molecule has 0 bridgehead atoms. The lowest BCUT2D eigenvalue weighted by atomic mass is 10.1. The zero-order valence-corrected chi connectivity index (χ0v) is 16.9. The number of amides is 1. The van der Waals surface area contributed by atoms with Gasteiger partial charge in [0.2, 0.25) is 0 Å². The number of anilines is 2. The van der Waals surface area contributed by atoms with Gasteiger partial charge in [0.15, 0.2) is 0 Å². The molecule has 0 spiro atoms. The Morgan fingerprint density at radius 3 is 2.29 bits per heavy atom. The molecule has 1 N–H and O–H groups in total. The molecule has 3 rings (SSSR count). The average molecular weight is 374 g/mol. The van der Waals surface area contributed by atoms with Crippen LogP contribution >= 0.6 is 0 Å². The van der Waals surface area contributed by atoms with E-state index in [4.69, 9.17) is 0 Å². The Balaban J connectivity index is 1.81. The van der Waals surface area contributed by atoms with Crippen LogP contribution in [0, 0.1) is 13.8 Å². The molecule has 0 saturated carbocycles. The highest BCUT2D eigenvalue weighted by Gasteiger charge is 2.19. The highest BCUT2D eigenvalue weighted by atomic mass is 16.2. The Morgan fingerprint density at radius 1 is 0.964 bits per heavy atom. The first-order valence-corrected chi connectivity index (χ1v) is 9.57. The molecule has 4 heteroatoms. The van der Waals surface area contributed by atoms with Gasteiger partial charge in [-0.2, -0.15) is 0 Å². The maximum Gasteiger partial charge on any atom is 0.256 e. The molecule has 1 heterocycles. The molecule has 4 nitrogen and oxygen atoms in total. The number of carbonyl (C=O) groups is 1. The largest absolute Gasteiger partial charge is 0.354 e. The lowest BCUT2D eigenvalue weighted by Crippen LogP contribution is -2.36. The Morgan fingerprint density at radius 2 is 1.64 bits per heavy atom. The highest BCUT2D eigenvalue weighted by molar-refractivity contribution is 5.95. The second-order valence-corrected chi connectivity index (χ2v) is 7.48. The first-order chi connectivity index (χ1) is 13.4. The maximum atomic E-state index is 13.2. The van der Waals surface area contributed by atoms with Crippen molar-refractivity contribution in [2.45, 2.75) is 40.3 Å². The molecular weight excluding hydrogens is 346 g/mol. The van der Waals surface area contributed by atoms with Gasteiger partial charge in [0.1, 0.15) is 0 Å². The van der Waals surface area contributed by atoms with Crippen molar-refractivity contribution in [2.75, 3.05) is 5.32 Å². The van der Waals surface area contributed by atoms with E-state index in [0.29, 0.717) is 12.1 Å². The third kappa shape index (κ3) is 4.97. The number of rotatable bonds is 6. The molecule has 0 aliphatic carbocycles. The second-order valence-electron chi connectivity index (χ2n) is 7.48. The zero-order chi connectivity index (χ0) is 20.1. The fraction of sp³-hybridized carbons (Fsp3) is 0.250. The third-order valence-electron chi connectivity index (χ3n) is 4.58. The van der Waals surface area contributed by atoms with Crippen molar-refractivity contribution in [3.05, 3.63) is 89.2 Å². The smallest absolute Gasteiger partial charge is 0.256 e. The number of hydrogen-bond donors (Lipinski definition) is 1. The van der Waals surface area contributed by atoms with Crippen LogP contribution in [0.15, 0.2) is 67.0 Å². The van der Waals surface area contributed by atoms with Crippen LogP contribution in [0.4, 0.5) is 11.4 Å². The first-order valence-electron chi connectivity index (χ1n) is 9.57. The molecule has 1 amide bonds. The molecule has 0 unspecified atom stereocenters. The molecule has 0 saturated heterocycles. The van der Waals surface area contributed by atoms with Gasteiger partial charge in [-0.05, 0) is 62.6 Å². The van der Waals surface area contributed by atoms with Gasteiger partial charge < -0.3 is 10.2 Å². The van der Waals surface area contributed by atoms with Gasteiger partial charge in [-0.15, -0.1) is 0 Å². The van der Waals surface area contributed by atoms with Crippen LogP contribution in [-0.4, -0.2) is 21.8 Å². The monoisotopic (exact) mass is 373 g/mol. The Hall–Kier alpha value is -3.14. The zero-order valence-electron chi connectivity index (χ0n) is 16.9. The Labute approximate surface area is 167 Å². The average Bonchev–Trinajstić information content (AvgIpc) is 2.65. The summed E-state index contributed by atoms with van der Waals surface area (Å²) in [4.78, 5) is 19.3. The van der Waals surface area contributed by atoms with Crippen molar-refractivity contribution in [3.8, 4) is 0 Å². The van der Waals surface area contributed by atoms with Gasteiger partial charge in [-0.1, -0.05) is 36.4 Å². The molecule has 0 aliphatic rings. The van der Waals surface area contributed by atoms with Crippen LogP contribution in [0.2, 0.25) is 0 Å². The third-order valence-corrected chi connectivity index (χ3v) is 4.58. The number of aryl methyl sites for hydroxylation is 2. The maximum absolute atomic E-state index is 13.2. The van der Waals surface area contributed by atoms with Gasteiger partial charge in [-0.3, -0.25) is 9.78 Å². The van der Waals surface area contributed by atoms with Crippen LogP contribution in [0.5, 0.6) is 0 Å². The van der Waals surface area contributed by atoms with Gasteiger partial charge in [0.05, 0.1) is 17.4 Å². The second kappa shape index (κ2) is 8.70. The number of aromatic nitrogens is 1. The van der Waals surface area contributed by atoms with Gasteiger partial charge in [0.25, 0.3) is 5.91 Å². The first kappa shape index (κ1) is 19.6. The van der Waals surface area contributed by atoms with E-state index in [1.165, 1.54) is 11.1 Å². The number of nitrogens with zero attached hydrogens (tertiary/aromatic N) is 2. The molecule has 0 aliphatic heterocycles. The summed E-state index contributed by atoms with van der Waals surface area (Å²) in [6.45, 7) is 8.78. The molecule has 1 aromatic heterocycles. The summed E-state index contributed by atoms with van der Waals surface area (Å²) in [5.41, 5.74) is 5.88. The number of benzene rings is 2. The summed E-state index contributed by atoms with van der Waals surface area (Å²) >= 11 is 0. The van der Waals surface area contributed by atoms with E-state index in [9.17, 15) is 4.79 Å². The normalized spacial score (nSPS) is 10.8. The van der Waals surface area contributed by atoms with Gasteiger partial charge in [0, 0.05) is 24.5 Å². The van der Waals surface area contributed by atoms with E-state index in [-0.39, 0.29) is 11.9 Å². The standard InChI is InChI=1S/C24H27N3O/c1-17(2)27(16-20-8-6-5-7-9-20)24(28)21-13-23(15-25-14-21)26-22-11-18(3)10-19(4)12-22/h5-15,17,26H,16H2,1-4H3. The van der Waals surface area contributed by atoms with Crippen LogP contribution in [-0.2, 0) is 6.54 Å². The van der Waals surface area contributed by atoms with E-state index in [2.05, 4.69) is 42.3 Å². The number of hydrogen-bond acceptors (Lipinski definition) is 3. The molecule has 144 valence electrons. The molecule has 0 radical (unpaired) electrons. The summed E-state index contributed by atoms with van der Waals surface area (Å²) in [6.07, 6.45) is 3.38. The van der Waals surface area contributed by atoms with Crippen molar-refractivity contribution in [1.82, 2.24) is 9.88 Å². The number of pyridine rings is 1. The molecule has 2 aromatic carbocycles. The van der Waals surface area contributed by atoms with Crippen molar-refractivity contribution in [1.29, 1.82) is 0 Å². The molecular formula is C24H27N3O. The van der Waals surface area contributed by atoms with Crippen LogP contribution in [0.3, 0.4) is 0 Å². The summed E-state index contributed by atoms with van der Waals surface area (Å²) in [5, 5.41) is 3.37. The summed E-state index contributed by atoms with van der Waals surface area (Å²) in [5.74, 6) is -0.0181. The fourth-order valence-electron chi connectivity index (χ4n) is 3.27. The minimum absolute atomic E-state index is 0.0181. The van der Waals surface area contributed by atoms with E-state index in [1.807, 2.05) is 55.1 Å². The number of carbonyl (C=O) groups excluding carboxylic acids is 1. The minimum Gasteiger partial charge on any atom is -0.354 e. The Bertz CT molecular complexity index is 931. The quantitative estimate of drug-likeness (QED) is 0.621. The molecule has 0 atom stereocenters. The molecule has 0 fully saturated rings. The fourth-order valence-corrected chi connectivity index (χ4v) is 3.27. The molecule has 28 heavy (non-hydrogen) atoms. The predicted octanol–water partition coefficient (Wildman–Crippen LogP) is 5.49. The predicted molar refractivity (Wildman–Crippen MR) is 115 cm³/mol. The van der Waals surface area contributed by atoms with Crippen molar-refractivity contribution in [3.63, 3.8) is 0 Å². The van der Waals surface area contributed by atoms with E-state index < -0.39 is 0 Å². The highest BCUT2D eigenvalue weighted by Crippen LogP contribution is 2.21. The molecule has 3 aromatic rings. The van der Waals surface area contributed by atoms with Crippen molar-refractivity contribution >= 4 is 17.3 Å². The Kier molecular flexibility index (Phi) is 6.09. The summed E-state index contributed by atoms with van der Waals surface area (Å²) in [6, 6.07) is 18.3. The lowest BCUT2D eigenvalue weighted by molar-refractivity contribution is 0.0690. The lowest BCUT2D eigenvalue weighted by Gasteiger charge is -2.27. The van der Waals surface area contributed by atoms with Gasteiger partial charge in [-0.25, -0.2) is 0 Å². The number of nitrogens with one attached hydrogen (secondary N) is 1. The summed E-state index contributed by atoms with van der Waals surface area (Å²) < 4.78 is 0. The van der Waals surface area contributed by atoms with Gasteiger partial charge >= 0.3 is 0 Å². The van der Waals surface area contributed by atoms with E-state index >= 15 is 0 Å².